The Bertz CT molecular complexity index is 1420. The Morgan fingerprint density at radius 2 is 1.27 bits per heavy atom. The highest BCUT2D eigenvalue weighted by Gasteiger charge is 2.71. The van der Waals surface area contributed by atoms with Gasteiger partial charge in [0.05, 0.1) is 31.5 Å². The minimum atomic E-state index is -1.79. The topological polar surface area (TPSA) is 219 Å². The van der Waals surface area contributed by atoms with Crippen molar-refractivity contribution in [3.8, 4) is 0 Å². The Balaban J connectivity index is 1.26. The summed E-state index contributed by atoms with van der Waals surface area (Å²) in [6.07, 6.45) is -7.67. The van der Waals surface area contributed by atoms with Gasteiger partial charge < -0.3 is 64.9 Å². The smallest absolute Gasteiger partial charge is 0.187 e. The standard InChI is InChI=1S/C42H70O13/c1-20(2)10-9-11-21(3)22-12-14-42(8)29(22)23(45)16-28-40(6)17-24(46)36(39(4,5)27(40)13-15-41(28,42)7)55-38-35(33(50)31(48)26(19-44)53-38)54-37-34(51)32(49)30(47)25(18-43)52-37/h10-11,22-38,43-51H,9,12-19H2,1-8H3/b21-11-/t22-,23-,24-,25?,26?,27?,28?,29?,30+,31+,32+,33+,34-,35-,36+,37?,38?,40+,41-,42-/m1/s1. The van der Waals surface area contributed by atoms with E-state index in [2.05, 4.69) is 67.5 Å². The van der Waals surface area contributed by atoms with Gasteiger partial charge in [-0.15, -0.1) is 0 Å². The van der Waals surface area contributed by atoms with Crippen LogP contribution in [0.4, 0.5) is 0 Å². The molecule has 0 amide bonds. The fourth-order valence-electron chi connectivity index (χ4n) is 13.1. The van der Waals surface area contributed by atoms with Gasteiger partial charge >= 0.3 is 0 Å². The van der Waals surface area contributed by atoms with Crippen LogP contribution in [0.1, 0.15) is 100 Å². The van der Waals surface area contributed by atoms with Crippen LogP contribution < -0.4 is 0 Å². The van der Waals surface area contributed by atoms with Crippen LogP contribution in [-0.2, 0) is 18.9 Å². The van der Waals surface area contributed by atoms with Gasteiger partial charge in [0.25, 0.3) is 0 Å². The van der Waals surface area contributed by atoms with E-state index < -0.39 is 98.4 Å². The molecule has 2 heterocycles. The number of ether oxygens (including phenoxy) is 4. The van der Waals surface area contributed by atoms with Gasteiger partial charge in [-0.2, -0.15) is 0 Å². The van der Waals surface area contributed by atoms with Gasteiger partial charge in [0.15, 0.2) is 12.6 Å². The number of allylic oxidation sites excluding steroid dienone is 4. The lowest BCUT2D eigenvalue weighted by atomic mass is 9.35. The zero-order valence-electron chi connectivity index (χ0n) is 34.0. The predicted molar refractivity (Wildman–Crippen MR) is 201 cm³/mol. The molecule has 6 aliphatic rings. The summed E-state index contributed by atoms with van der Waals surface area (Å²) in [7, 11) is 0. The van der Waals surface area contributed by atoms with Gasteiger partial charge in [-0.25, -0.2) is 0 Å². The first-order valence-electron chi connectivity index (χ1n) is 20.6. The lowest BCUT2D eigenvalue weighted by molar-refractivity contribution is -0.383. The number of aliphatic hydroxyl groups is 9. The third-order valence-electron chi connectivity index (χ3n) is 16.1. The molecule has 55 heavy (non-hydrogen) atoms. The summed E-state index contributed by atoms with van der Waals surface area (Å²) in [5.74, 6) is 0.659. The van der Waals surface area contributed by atoms with E-state index in [-0.39, 0.29) is 34.0 Å². The van der Waals surface area contributed by atoms with Crippen molar-refractivity contribution < 1.29 is 64.9 Å². The molecule has 7 unspecified atom stereocenters. The van der Waals surface area contributed by atoms with Gasteiger partial charge in [0.1, 0.15) is 48.8 Å². The zero-order valence-corrected chi connectivity index (χ0v) is 34.0. The summed E-state index contributed by atoms with van der Waals surface area (Å²) in [6.45, 7) is 16.3. The number of rotatable bonds is 9. The van der Waals surface area contributed by atoms with Crippen LogP contribution >= 0.6 is 0 Å². The second-order valence-electron chi connectivity index (χ2n) is 19.6. The molecule has 316 valence electrons. The summed E-state index contributed by atoms with van der Waals surface area (Å²) in [5.41, 5.74) is 1.45. The van der Waals surface area contributed by atoms with Crippen LogP contribution in [0, 0.1) is 45.3 Å². The average molecular weight is 783 g/mol. The Labute approximate surface area is 326 Å². The van der Waals surface area contributed by atoms with Crippen LogP contribution in [0.3, 0.4) is 0 Å². The van der Waals surface area contributed by atoms with E-state index in [4.69, 9.17) is 18.9 Å². The molecule has 0 spiro atoms. The number of aliphatic hydroxyl groups excluding tert-OH is 9. The van der Waals surface area contributed by atoms with Gasteiger partial charge in [-0.3, -0.25) is 0 Å². The van der Waals surface area contributed by atoms with Crippen LogP contribution in [0.5, 0.6) is 0 Å². The van der Waals surface area contributed by atoms with E-state index in [1.165, 1.54) is 11.1 Å². The molecule has 0 radical (unpaired) electrons. The van der Waals surface area contributed by atoms with Crippen LogP contribution in [0.15, 0.2) is 23.3 Å². The summed E-state index contributed by atoms with van der Waals surface area (Å²) >= 11 is 0. The molecule has 20 atom stereocenters. The van der Waals surface area contributed by atoms with Crippen LogP contribution in [0.25, 0.3) is 0 Å². The number of hydrogen-bond acceptors (Lipinski definition) is 13. The highest BCUT2D eigenvalue weighted by molar-refractivity contribution is 5.23. The fourth-order valence-corrected chi connectivity index (χ4v) is 13.1. The molecule has 0 bridgehead atoms. The van der Waals surface area contributed by atoms with E-state index >= 15 is 0 Å². The van der Waals surface area contributed by atoms with Crippen molar-refractivity contribution in [2.45, 2.75) is 180 Å². The Kier molecular flexibility index (Phi) is 12.6. The molecule has 4 aliphatic carbocycles. The maximum atomic E-state index is 12.2. The Hall–Kier alpha value is -1.04. The first-order valence-corrected chi connectivity index (χ1v) is 20.6. The highest BCUT2D eigenvalue weighted by atomic mass is 16.8. The van der Waals surface area contributed by atoms with E-state index in [9.17, 15) is 46.0 Å². The van der Waals surface area contributed by atoms with Crippen molar-refractivity contribution in [3.05, 3.63) is 23.3 Å². The second kappa shape index (κ2) is 15.9. The van der Waals surface area contributed by atoms with Crippen molar-refractivity contribution in [1.29, 1.82) is 0 Å². The van der Waals surface area contributed by atoms with Crippen molar-refractivity contribution in [2.75, 3.05) is 13.2 Å². The molecule has 0 aromatic rings. The molecule has 6 rings (SSSR count). The number of hydrogen-bond donors (Lipinski definition) is 9. The van der Waals surface area contributed by atoms with Gasteiger partial charge in [-0.1, -0.05) is 57.9 Å². The monoisotopic (exact) mass is 782 g/mol. The molecule has 4 saturated carbocycles. The van der Waals surface area contributed by atoms with E-state index in [1.807, 2.05) is 0 Å². The maximum absolute atomic E-state index is 12.2. The molecular formula is C42H70O13. The largest absolute Gasteiger partial charge is 0.394 e. The van der Waals surface area contributed by atoms with E-state index in [0.29, 0.717) is 18.8 Å². The lowest BCUT2D eigenvalue weighted by Crippen LogP contribution is -2.69. The van der Waals surface area contributed by atoms with Gasteiger partial charge in [0, 0.05) is 0 Å². The van der Waals surface area contributed by atoms with E-state index in [0.717, 1.165) is 32.1 Å². The zero-order chi connectivity index (χ0) is 40.6. The minimum absolute atomic E-state index is 0.0549. The van der Waals surface area contributed by atoms with Crippen molar-refractivity contribution in [3.63, 3.8) is 0 Å². The Morgan fingerprint density at radius 1 is 0.673 bits per heavy atom. The first-order chi connectivity index (χ1) is 25.7. The first kappa shape index (κ1) is 43.5. The summed E-state index contributed by atoms with van der Waals surface area (Å²) in [5, 5.41) is 97.6. The molecule has 6 fully saturated rings. The third kappa shape index (κ3) is 7.12. The van der Waals surface area contributed by atoms with Crippen molar-refractivity contribution in [1.82, 2.24) is 0 Å². The number of fused-ring (bicyclic) bond motifs is 5. The SMILES string of the molecule is CC(C)=CC/C=C(/C)[C@H]1CC[C@]2(C)C1[C@H](O)CC1[C@@]3(C)C[C@@H](O)[C@H](OC4OC(CO)[C@H](O)[C@H](O)[C@H]4OC4OC(CO)[C@H](O)[C@H](O)[C@H]4O)C(C)(C)C3CC[C@]12C. The van der Waals surface area contributed by atoms with E-state index in [1.54, 1.807) is 0 Å². The van der Waals surface area contributed by atoms with Crippen LogP contribution in [0.2, 0.25) is 0 Å². The van der Waals surface area contributed by atoms with Crippen molar-refractivity contribution in [2.24, 2.45) is 45.3 Å². The molecule has 0 aromatic heterocycles. The lowest BCUT2D eigenvalue weighted by Gasteiger charge is -2.71. The second-order valence-corrected chi connectivity index (χ2v) is 19.6. The normalized spacial score (nSPS) is 52.5. The van der Waals surface area contributed by atoms with Gasteiger partial charge in [-0.05, 0) is 111 Å². The average Bonchev–Trinajstić information content (AvgIpc) is 3.49. The molecule has 13 heteroatoms. The maximum Gasteiger partial charge on any atom is 0.187 e. The summed E-state index contributed by atoms with van der Waals surface area (Å²) < 4.78 is 24.1. The fraction of sp³-hybridized carbons (Fsp3) is 0.905. The molecule has 13 nitrogen and oxygen atoms in total. The van der Waals surface area contributed by atoms with Crippen LogP contribution in [-0.4, -0.2) is 139 Å². The molecule has 2 saturated heterocycles. The molecule has 2 aliphatic heterocycles. The quantitative estimate of drug-likeness (QED) is 0.121. The van der Waals surface area contributed by atoms with Gasteiger partial charge in [0.2, 0.25) is 0 Å². The predicted octanol–water partition coefficient (Wildman–Crippen LogP) is 1.93. The molecule has 9 N–H and O–H groups in total. The summed E-state index contributed by atoms with van der Waals surface area (Å²) in [4.78, 5) is 0. The Morgan fingerprint density at radius 3 is 1.89 bits per heavy atom. The van der Waals surface area contributed by atoms with Crippen molar-refractivity contribution >= 4 is 0 Å². The summed E-state index contributed by atoms with van der Waals surface area (Å²) in [6, 6.07) is 0. The highest BCUT2D eigenvalue weighted by Crippen LogP contribution is 2.75. The molecule has 0 aromatic carbocycles. The molecular weight excluding hydrogens is 712 g/mol. The minimum Gasteiger partial charge on any atom is -0.394 e. The third-order valence-corrected chi connectivity index (χ3v) is 16.1.